The third-order valence-electron chi connectivity index (χ3n) is 2.93. The molecule has 0 saturated heterocycles. The van der Waals surface area contributed by atoms with Gasteiger partial charge in [0, 0.05) is 17.7 Å². The minimum Gasteiger partial charge on any atom is -0.276 e. The van der Waals surface area contributed by atoms with E-state index in [1.54, 1.807) is 17.9 Å². The van der Waals surface area contributed by atoms with Crippen molar-refractivity contribution < 1.29 is 8.42 Å². The number of para-hydroxylation sites is 1. The van der Waals surface area contributed by atoms with E-state index in [0.29, 0.717) is 5.69 Å². The quantitative estimate of drug-likeness (QED) is 0.750. The topological polar surface area (TPSA) is 81.8 Å². The first-order valence-corrected chi connectivity index (χ1v) is 8.54. The highest BCUT2D eigenvalue weighted by Gasteiger charge is 2.17. The van der Waals surface area contributed by atoms with Gasteiger partial charge in [-0.3, -0.25) is 9.40 Å². The van der Waals surface area contributed by atoms with Crippen LogP contribution in [0.4, 0.5) is 5.69 Å². The molecule has 0 fully saturated rings. The van der Waals surface area contributed by atoms with Gasteiger partial charge in [-0.05, 0) is 28.1 Å². The highest BCUT2D eigenvalue weighted by atomic mass is 79.9. The fourth-order valence-corrected chi connectivity index (χ4v) is 3.37. The molecule has 0 bridgehead atoms. The van der Waals surface area contributed by atoms with Crippen LogP contribution in [0.5, 0.6) is 0 Å². The SMILES string of the molecule is Cn1cc(S(=O)(=O)Nc2cnn(-c3ccccc3Br)c2)cn1. The van der Waals surface area contributed by atoms with Crippen LogP contribution < -0.4 is 4.72 Å². The fourth-order valence-electron chi connectivity index (χ4n) is 1.90. The Morgan fingerprint density at radius 3 is 2.59 bits per heavy atom. The van der Waals surface area contributed by atoms with Crippen molar-refractivity contribution in [2.75, 3.05) is 4.72 Å². The summed E-state index contributed by atoms with van der Waals surface area (Å²) in [7, 11) is -2.01. The van der Waals surface area contributed by atoms with E-state index in [-0.39, 0.29) is 4.90 Å². The molecule has 0 aliphatic heterocycles. The number of hydrogen-bond donors (Lipinski definition) is 1. The van der Waals surface area contributed by atoms with Gasteiger partial charge < -0.3 is 0 Å². The van der Waals surface area contributed by atoms with Gasteiger partial charge in [0.2, 0.25) is 0 Å². The molecule has 0 atom stereocenters. The van der Waals surface area contributed by atoms with Crippen LogP contribution in [0.15, 0.2) is 58.4 Å². The summed E-state index contributed by atoms with van der Waals surface area (Å²) < 4.78 is 30.8. The predicted molar refractivity (Wildman–Crippen MR) is 85.3 cm³/mol. The number of benzene rings is 1. The molecule has 0 aliphatic carbocycles. The molecular formula is C13H12BrN5O2S. The van der Waals surface area contributed by atoms with E-state index in [1.165, 1.54) is 23.3 Å². The summed E-state index contributed by atoms with van der Waals surface area (Å²) in [5.74, 6) is 0. The van der Waals surface area contributed by atoms with Crippen LogP contribution in [0.1, 0.15) is 0 Å². The first-order valence-electron chi connectivity index (χ1n) is 6.27. The molecule has 7 nitrogen and oxygen atoms in total. The summed E-state index contributed by atoms with van der Waals surface area (Å²) in [6.45, 7) is 0. The number of rotatable bonds is 4. The minimum atomic E-state index is -3.67. The maximum absolute atomic E-state index is 12.2. The number of aromatic nitrogens is 4. The average Bonchev–Trinajstić information content (AvgIpc) is 3.08. The second-order valence-corrected chi connectivity index (χ2v) is 7.12. The standard InChI is InChI=1S/C13H12BrN5O2S/c1-18-9-11(7-15-18)22(20,21)17-10-6-16-19(8-10)13-5-3-2-4-12(13)14/h2-9,17H,1H3. The van der Waals surface area contributed by atoms with Crippen molar-refractivity contribution in [2.24, 2.45) is 7.05 Å². The average molecular weight is 382 g/mol. The zero-order valence-corrected chi connectivity index (χ0v) is 13.9. The molecule has 0 amide bonds. The van der Waals surface area contributed by atoms with E-state index < -0.39 is 10.0 Å². The molecule has 22 heavy (non-hydrogen) atoms. The van der Waals surface area contributed by atoms with Crippen molar-refractivity contribution in [1.82, 2.24) is 19.6 Å². The van der Waals surface area contributed by atoms with E-state index in [0.717, 1.165) is 10.2 Å². The van der Waals surface area contributed by atoms with E-state index in [1.807, 2.05) is 24.3 Å². The lowest BCUT2D eigenvalue weighted by molar-refractivity contribution is 0.601. The highest BCUT2D eigenvalue weighted by Crippen LogP contribution is 2.22. The van der Waals surface area contributed by atoms with Gasteiger partial charge in [-0.25, -0.2) is 13.1 Å². The molecule has 0 saturated carbocycles. The van der Waals surface area contributed by atoms with Crippen LogP contribution in [0.2, 0.25) is 0 Å². The largest absolute Gasteiger partial charge is 0.276 e. The van der Waals surface area contributed by atoms with Gasteiger partial charge in [-0.1, -0.05) is 12.1 Å². The normalized spacial score (nSPS) is 11.5. The van der Waals surface area contributed by atoms with Gasteiger partial charge in [-0.2, -0.15) is 10.2 Å². The molecule has 2 aromatic heterocycles. The van der Waals surface area contributed by atoms with Crippen molar-refractivity contribution in [3.8, 4) is 5.69 Å². The van der Waals surface area contributed by atoms with Gasteiger partial charge in [0.05, 0.1) is 30.0 Å². The maximum atomic E-state index is 12.2. The van der Waals surface area contributed by atoms with Crippen LogP contribution >= 0.6 is 15.9 Å². The Morgan fingerprint density at radius 1 is 1.14 bits per heavy atom. The zero-order valence-electron chi connectivity index (χ0n) is 11.5. The summed E-state index contributed by atoms with van der Waals surface area (Å²) in [5, 5.41) is 8.03. The minimum absolute atomic E-state index is 0.101. The molecule has 114 valence electrons. The van der Waals surface area contributed by atoms with Gasteiger partial charge in [-0.15, -0.1) is 0 Å². The van der Waals surface area contributed by atoms with Crippen LogP contribution in [0.25, 0.3) is 5.69 Å². The number of sulfonamides is 1. The Bertz CT molecular complexity index is 916. The lowest BCUT2D eigenvalue weighted by Crippen LogP contribution is -2.11. The van der Waals surface area contributed by atoms with Gasteiger partial charge in [0.15, 0.2) is 0 Å². The maximum Gasteiger partial charge on any atom is 0.265 e. The number of hydrogen-bond acceptors (Lipinski definition) is 4. The number of aryl methyl sites for hydroxylation is 1. The number of halogens is 1. The highest BCUT2D eigenvalue weighted by molar-refractivity contribution is 9.10. The third kappa shape index (κ3) is 2.90. The number of nitrogens with one attached hydrogen (secondary N) is 1. The predicted octanol–water partition coefficient (Wildman–Crippen LogP) is 2.17. The van der Waals surface area contributed by atoms with Crippen LogP contribution in [0.3, 0.4) is 0 Å². The van der Waals surface area contributed by atoms with Crippen molar-refractivity contribution >= 4 is 31.6 Å². The molecule has 3 rings (SSSR count). The molecule has 1 aromatic carbocycles. The summed E-state index contributed by atoms with van der Waals surface area (Å²) in [6, 6.07) is 7.53. The van der Waals surface area contributed by atoms with Gasteiger partial charge >= 0.3 is 0 Å². The third-order valence-corrected chi connectivity index (χ3v) is 4.93. The van der Waals surface area contributed by atoms with E-state index >= 15 is 0 Å². The van der Waals surface area contributed by atoms with Crippen molar-refractivity contribution in [3.63, 3.8) is 0 Å². The van der Waals surface area contributed by atoms with Gasteiger partial charge in [0.25, 0.3) is 10.0 Å². The summed E-state index contributed by atoms with van der Waals surface area (Å²) in [4.78, 5) is 0.101. The van der Waals surface area contributed by atoms with Crippen LogP contribution in [0, 0.1) is 0 Å². The number of nitrogens with zero attached hydrogens (tertiary/aromatic N) is 4. The molecule has 0 spiro atoms. The lowest BCUT2D eigenvalue weighted by atomic mass is 10.3. The summed E-state index contributed by atoms with van der Waals surface area (Å²) in [6.07, 6.45) is 5.78. The Kier molecular flexibility index (Phi) is 3.75. The van der Waals surface area contributed by atoms with Crippen LogP contribution in [-0.2, 0) is 17.1 Å². The van der Waals surface area contributed by atoms with Crippen molar-refractivity contribution in [2.45, 2.75) is 4.90 Å². The lowest BCUT2D eigenvalue weighted by Gasteiger charge is -2.04. The summed E-state index contributed by atoms with van der Waals surface area (Å²) >= 11 is 3.43. The van der Waals surface area contributed by atoms with E-state index in [4.69, 9.17) is 0 Å². The monoisotopic (exact) mass is 381 g/mol. The van der Waals surface area contributed by atoms with Crippen LogP contribution in [-0.4, -0.2) is 28.0 Å². The molecular weight excluding hydrogens is 370 g/mol. The molecule has 0 unspecified atom stereocenters. The Balaban J connectivity index is 1.88. The molecule has 2 heterocycles. The first-order chi connectivity index (χ1) is 10.5. The Labute approximate surface area is 135 Å². The second kappa shape index (κ2) is 5.58. The molecule has 0 aliphatic rings. The Hall–Kier alpha value is -2.13. The van der Waals surface area contributed by atoms with Crippen molar-refractivity contribution in [3.05, 3.63) is 53.5 Å². The molecule has 1 N–H and O–H groups in total. The molecule has 0 radical (unpaired) electrons. The van der Waals surface area contributed by atoms with Crippen molar-refractivity contribution in [1.29, 1.82) is 0 Å². The second-order valence-electron chi connectivity index (χ2n) is 4.58. The molecule has 9 heteroatoms. The Morgan fingerprint density at radius 2 is 1.91 bits per heavy atom. The van der Waals surface area contributed by atoms with E-state index in [2.05, 4.69) is 30.8 Å². The van der Waals surface area contributed by atoms with Gasteiger partial charge in [0.1, 0.15) is 4.90 Å². The zero-order chi connectivity index (χ0) is 15.7. The number of anilines is 1. The molecule has 3 aromatic rings. The summed E-state index contributed by atoms with van der Waals surface area (Å²) in [5.41, 5.74) is 1.19. The van der Waals surface area contributed by atoms with E-state index in [9.17, 15) is 8.42 Å². The smallest absolute Gasteiger partial charge is 0.265 e. The first kappa shape index (κ1) is 14.8. The fraction of sp³-hybridized carbons (Fsp3) is 0.0769.